The second-order valence-electron chi connectivity index (χ2n) is 7.73. The van der Waals surface area contributed by atoms with Crippen LogP contribution in [0.2, 0.25) is 0 Å². The first kappa shape index (κ1) is 21.6. The fourth-order valence-corrected chi connectivity index (χ4v) is 4.20. The van der Waals surface area contributed by atoms with Gasteiger partial charge in [-0.1, -0.05) is 24.3 Å². The lowest BCUT2D eigenvalue weighted by atomic mass is 9.97. The molecule has 1 aliphatic heterocycles. The summed E-state index contributed by atoms with van der Waals surface area (Å²) in [6.07, 6.45) is -4.63. The molecule has 1 aromatic heterocycles. The largest absolute Gasteiger partial charge is 0.504 e. The normalized spacial score (nSPS) is 15.6. The Bertz CT molecular complexity index is 1510. The molecule has 172 valence electrons. The maximum Gasteiger partial charge on any atom is 0.416 e. The molecule has 6 nitrogen and oxygen atoms in total. The first-order valence-electron chi connectivity index (χ1n) is 10.1. The SMILES string of the molecule is COc1cc(C2c3c(oc4ccccc4c3=O)C(=O)N2c2cccc(C(F)(F)F)c2)ccc1O. The zero-order valence-electron chi connectivity index (χ0n) is 17.6. The standard InChI is InChI=1S/C25H16F3NO5/c1-33-19-11-13(9-10-17(19)30)21-20-22(31)16-7-2-3-8-18(16)34-23(20)24(32)29(21)15-6-4-5-14(12-15)25(26,27)28/h2-12,21,30H,1H3. The van der Waals surface area contributed by atoms with Crippen molar-refractivity contribution in [2.24, 2.45) is 0 Å². The van der Waals surface area contributed by atoms with Gasteiger partial charge < -0.3 is 14.3 Å². The van der Waals surface area contributed by atoms with Gasteiger partial charge in [-0.05, 0) is 48.0 Å². The molecule has 1 aliphatic rings. The van der Waals surface area contributed by atoms with Gasteiger partial charge in [0.2, 0.25) is 5.76 Å². The van der Waals surface area contributed by atoms with Crippen molar-refractivity contribution >= 4 is 22.6 Å². The maximum atomic E-state index is 13.5. The molecule has 0 aliphatic carbocycles. The number of alkyl halides is 3. The summed E-state index contributed by atoms with van der Waals surface area (Å²) in [7, 11) is 1.33. The quantitative estimate of drug-likeness (QED) is 0.444. The van der Waals surface area contributed by atoms with Crippen LogP contribution in [0.4, 0.5) is 18.9 Å². The third-order valence-corrected chi connectivity index (χ3v) is 5.75. The van der Waals surface area contributed by atoms with Gasteiger partial charge in [-0.25, -0.2) is 0 Å². The average Bonchev–Trinajstić information content (AvgIpc) is 3.11. The highest BCUT2D eigenvalue weighted by molar-refractivity contribution is 6.10. The van der Waals surface area contributed by atoms with E-state index in [9.17, 15) is 27.9 Å². The molecule has 0 saturated heterocycles. The highest BCUT2D eigenvalue weighted by Gasteiger charge is 2.44. The summed E-state index contributed by atoms with van der Waals surface area (Å²) in [6.45, 7) is 0. The zero-order valence-corrected chi connectivity index (χ0v) is 17.6. The minimum atomic E-state index is -4.63. The van der Waals surface area contributed by atoms with Crippen LogP contribution in [0, 0.1) is 0 Å². The van der Waals surface area contributed by atoms with E-state index >= 15 is 0 Å². The van der Waals surface area contributed by atoms with Crippen molar-refractivity contribution in [2.75, 3.05) is 12.0 Å². The minimum Gasteiger partial charge on any atom is -0.504 e. The Balaban J connectivity index is 1.80. The van der Waals surface area contributed by atoms with Gasteiger partial charge in [0.1, 0.15) is 5.58 Å². The average molecular weight is 467 g/mol. The lowest BCUT2D eigenvalue weighted by Gasteiger charge is -2.26. The maximum absolute atomic E-state index is 13.5. The number of halogens is 3. The van der Waals surface area contributed by atoms with E-state index in [1.54, 1.807) is 18.2 Å². The number of aromatic hydroxyl groups is 1. The van der Waals surface area contributed by atoms with Gasteiger partial charge in [0.05, 0.1) is 29.7 Å². The lowest BCUT2D eigenvalue weighted by molar-refractivity contribution is -0.137. The van der Waals surface area contributed by atoms with Crippen LogP contribution in [0.3, 0.4) is 0 Å². The van der Waals surface area contributed by atoms with Crippen molar-refractivity contribution in [3.05, 3.63) is 99.4 Å². The Kier molecular flexibility index (Phi) is 4.85. The molecular formula is C25H16F3NO5. The van der Waals surface area contributed by atoms with Crippen LogP contribution >= 0.6 is 0 Å². The number of amides is 1. The molecule has 4 aromatic rings. The van der Waals surface area contributed by atoms with Crippen molar-refractivity contribution in [2.45, 2.75) is 12.2 Å². The van der Waals surface area contributed by atoms with Crippen LogP contribution in [0.25, 0.3) is 11.0 Å². The molecule has 0 saturated carbocycles. The number of phenols is 1. The van der Waals surface area contributed by atoms with Crippen molar-refractivity contribution in [3.63, 3.8) is 0 Å². The number of nitrogens with zero attached hydrogens (tertiary/aromatic N) is 1. The Morgan fingerprint density at radius 2 is 1.76 bits per heavy atom. The second kappa shape index (κ2) is 7.65. The van der Waals surface area contributed by atoms with E-state index in [1.165, 1.54) is 43.5 Å². The van der Waals surface area contributed by atoms with Gasteiger partial charge in [-0.3, -0.25) is 14.5 Å². The lowest BCUT2D eigenvalue weighted by Crippen LogP contribution is -2.29. The number of fused-ring (bicyclic) bond motifs is 2. The molecular weight excluding hydrogens is 451 g/mol. The Labute approximate surface area is 190 Å². The smallest absolute Gasteiger partial charge is 0.416 e. The van der Waals surface area contributed by atoms with Crippen molar-refractivity contribution in [3.8, 4) is 11.5 Å². The monoisotopic (exact) mass is 467 g/mol. The van der Waals surface area contributed by atoms with E-state index in [4.69, 9.17) is 9.15 Å². The molecule has 0 fully saturated rings. The summed E-state index contributed by atoms with van der Waals surface area (Å²) in [6, 6.07) is 13.8. The van der Waals surface area contributed by atoms with E-state index in [2.05, 4.69) is 0 Å². The fourth-order valence-electron chi connectivity index (χ4n) is 4.20. The van der Waals surface area contributed by atoms with Crippen LogP contribution in [0.1, 0.15) is 33.3 Å². The number of para-hydroxylation sites is 1. The first-order valence-corrected chi connectivity index (χ1v) is 10.1. The Morgan fingerprint density at radius 3 is 2.50 bits per heavy atom. The summed E-state index contributed by atoms with van der Waals surface area (Å²) in [5, 5.41) is 10.3. The third-order valence-electron chi connectivity index (χ3n) is 5.75. The van der Waals surface area contributed by atoms with E-state index in [0.29, 0.717) is 5.56 Å². The van der Waals surface area contributed by atoms with Crippen molar-refractivity contribution < 1.29 is 32.2 Å². The highest BCUT2D eigenvalue weighted by atomic mass is 19.4. The predicted octanol–water partition coefficient (Wildman–Crippen LogP) is 5.28. The molecule has 1 atom stereocenters. The van der Waals surface area contributed by atoms with E-state index < -0.39 is 29.1 Å². The minimum absolute atomic E-state index is 0.00569. The molecule has 5 rings (SSSR count). The molecule has 3 aromatic carbocycles. The van der Waals surface area contributed by atoms with E-state index in [-0.39, 0.29) is 39.5 Å². The summed E-state index contributed by atoms with van der Waals surface area (Å²) in [5.41, 5.74) is -0.952. The van der Waals surface area contributed by atoms with Gasteiger partial charge in [-0.15, -0.1) is 0 Å². The molecule has 1 amide bonds. The number of rotatable bonds is 3. The van der Waals surface area contributed by atoms with Crippen molar-refractivity contribution in [1.82, 2.24) is 0 Å². The molecule has 0 bridgehead atoms. The van der Waals surface area contributed by atoms with E-state index in [0.717, 1.165) is 17.0 Å². The number of carbonyl (C=O) groups excluding carboxylic acids is 1. The number of benzene rings is 3. The van der Waals surface area contributed by atoms with Gasteiger partial charge in [0.15, 0.2) is 16.9 Å². The van der Waals surface area contributed by atoms with Gasteiger partial charge >= 0.3 is 6.18 Å². The summed E-state index contributed by atoms with van der Waals surface area (Å²) in [4.78, 5) is 28.1. The van der Waals surface area contributed by atoms with E-state index in [1.807, 2.05) is 0 Å². The molecule has 0 radical (unpaired) electrons. The number of phenolic OH excluding ortho intramolecular Hbond substituents is 1. The first-order chi connectivity index (χ1) is 16.2. The highest BCUT2D eigenvalue weighted by Crippen LogP contribution is 2.44. The number of ether oxygens (including phenoxy) is 1. The van der Waals surface area contributed by atoms with Crippen LogP contribution < -0.4 is 15.1 Å². The molecule has 34 heavy (non-hydrogen) atoms. The second-order valence-corrected chi connectivity index (χ2v) is 7.73. The number of hydrogen-bond donors (Lipinski definition) is 1. The fraction of sp³-hybridized carbons (Fsp3) is 0.120. The van der Waals surface area contributed by atoms with Crippen LogP contribution in [-0.2, 0) is 6.18 Å². The Morgan fingerprint density at radius 1 is 1.00 bits per heavy atom. The molecule has 0 spiro atoms. The summed E-state index contributed by atoms with van der Waals surface area (Å²) in [5.74, 6) is -1.10. The van der Waals surface area contributed by atoms with Crippen LogP contribution in [0.15, 0.2) is 75.9 Å². The topological polar surface area (TPSA) is 80.0 Å². The Hall–Kier alpha value is -4.27. The van der Waals surface area contributed by atoms with Gasteiger partial charge in [-0.2, -0.15) is 13.2 Å². The number of methoxy groups -OCH3 is 1. The number of carbonyl (C=O) groups is 1. The summed E-state index contributed by atoms with van der Waals surface area (Å²) >= 11 is 0. The molecule has 1 unspecified atom stereocenters. The third kappa shape index (κ3) is 3.28. The van der Waals surface area contributed by atoms with Crippen LogP contribution in [-0.4, -0.2) is 18.1 Å². The number of hydrogen-bond acceptors (Lipinski definition) is 5. The predicted molar refractivity (Wildman–Crippen MR) is 117 cm³/mol. The summed E-state index contributed by atoms with van der Waals surface area (Å²) < 4.78 is 51.2. The molecule has 9 heteroatoms. The van der Waals surface area contributed by atoms with Crippen LogP contribution in [0.5, 0.6) is 11.5 Å². The van der Waals surface area contributed by atoms with Gasteiger partial charge in [0, 0.05) is 5.69 Å². The van der Waals surface area contributed by atoms with Gasteiger partial charge in [0.25, 0.3) is 5.91 Å². The molecule has 2 heterocycles. The molecule has 1 N–H and O–H groups in total. The zero-order chi connectivity index (χ0) is 24.2. The number of anilines is 1. The van der Waals surface area contributed by atoms with Crippen molar-refractivity contribution in [1.29, 1.82) is 0 Å².